The van der Waals surface area contributed by atoms with Gasteiger partial charge in [-0.2, -0.15) is 3.22 Å². The van der Waals surface area contributed by atoms with Gasteiger partial charge in [-0.1, -0.05) is 18.2 Å². The van der Waals surface area contributed by atoms with Gasteiger partial charge in [0.05, 0.1) is 4.90 Å². The molecule has 0 aliphatic heterocycles. The van der Waals surface area contributed by atoms with E-state index in [0.717, 1.165) is 3.22 Å². The van der Waals surface area contributed by atoms with Crippen LogP contribution in [0.3, 0.4) is 0 Å². The summed E-state index contributed by atoms with van der Waals surface area (Å²) in [6, 6.07) is 6.77. The average molecular weight is 370 g/mol. The summed E-state index contributed by atoms with van der Waals surface area (Å²) in [6.07, 6.45) is 0. The largest absolute Gasteiger partial charge is 0.480 e. The quantitative estimate of drug-likeness (QED) is 0.459. The Hall–Kier alpha value is -0.710. The number of sulfonamides is 1. The lowest BCUT2D eigenvalue weighted by Gasteiger charge is -2.19. The molecule has 0 saturated carbocycles. The highest BCUT2D eigenvalue weighted by atomic mass is 127. The summed E-state index contributed by atoms with van der Waals surface area (Å²) in [5.74, 6) is -1.12. The Morgan fingerprint density at radius 1 is 1.41 bits per heavy atom. The molecule has 1 aromatic carbocycles. The molecular formula is C9H11IN2O4S. The van der Waals surface area contributed by atoms with Crippen LogP contribution in [0.1, 0.15) is 6.92 Å². The Morgan fingerprint density at radius 3 is 2.41 bits per heavy atom. The molecule has 8 heteroatoms. The minimum atomic E-state index is -3.73. The number of hydrogen-bond acceptors (Lipinski definition) is 4. The zero-order valence-electron chi connectivity index (χ0n) is 8.87. The van der Waals surface area contributed by atoms with Gasteiger partial charge in [-0.15, -0.1) is 4.83 Å². The Balaban J connectivity index is 2.85. The molecule has 2 N–H and O–H groups in total. The van der Waals surface area contributed by atoms with Crippen molar-refractivity contribution in [2.24, 2.45) is 0 Å². The van der Waals surface area contributed by atoms with E-state index >= 15 is 0 Å². The third-order valence-corrected chi connectivity index (χ3v) is 4.69. The van der Waals surface area contributed by atoms with Crippen LogP contribution in [0.15, 0.2) is 35.2 Å². The fraction of sp³-hybridized carbons (Fsp3) is 0.222. The van der Waals surface area contributed by atoms with E-state index in [0.29, 0.717) is 0 Å². The van der Waals surface area contributed by atoms with Gasteiger partial charge >= 0.3 is 5.97 Å². The van der Waals surface area contributed by atoms with Crippen LogP contribution in [0.4, 0.5) is 0 Å². The van der Waals surface area contributed by atoms with E-state index in [4.69, 9.17) is 5.11 Å². The predicted molar refractivity (Wildman–Crippen MR) is 69.7 cm³/mol. The molecule has 0 heterocycles. The monoisotopic (exact) mass is 370 g/mol. The van der Waals surface area contributed by atoms with Crippen molar-refractivity contribution >= 4 is 38.9 Å². The van der Waals surface area contributed by atoms with Crippen LogP contribution in [0.25, 0.3) is 0 Å². The number of hydrazine groups is 1. The lowest BCUT2D eigenvalue weighted by Crippen LogP contribution is -2.43. The number of nitrogens with one attached hydrogen (secondary N) is 1. The highest BCUT2D eigenvalue weighted by molar-refractivity contribution is 14.1. The van der Waals surface area contributed by atoms with Crippen molar-refractivity contribution < 1.29 is 18.3 Å². The summed E-state index contributed by atoms with van der Waals surface area (Å²) in [4.78, 5) is 12.9. The van der Waals surface area contributed by atoms with Crippen LogP contribution < -0.4 is 4.83 Å². The topological polar surface area (TPSA) is 86.7 Å². The van der Waals surface area contributed by atoms with E-state index in [1.54, 1.807) is 41.1 Å². The molecule has 1 rings (SSSR count). The zero-order valence-corrected chi connectivity index (χ0v) is 11.8. The first-order valence-corrected chi connectivity index (χ1v) is 7.04. The smallest absolute Gasteiger partial charge is 0.322 e. The SMILES string of the molecule is C[C@H](C(=O)O)N(I)NS(=O)(=O)c1ccccc1. The normalized spacial score (nSPS) is 13.6. The summed E-state index contributed by atoms with van der Waals surface area (Å²) in [7, 11) is -3.73. The number of hydrogen-bond donors (Lipinski definition) is 2. The van der Waals surface area contributed by atoms with Crippen molar-refractivity contribution in [1.29, 1.82) is 0 Å². The van der Waals surface area contributed by atoms with E-state index in [2.05, 4.69) is 4.83 Å². The van der Waals surface area contributed by atoms with Crippen LogP contribution in [-0.2, 0) is 14.8 Å². The summed E-state index contributed by atoms with van der Waals surface area (Å²) in [6.45, 7) is 1.38. The fourth-order valence-corrected chi connectivity index (χ4v) is 2.97. The molecule has 94 valence electrons. The first-order chi connectivity index (χ1) is 7.84. The second-order valence-electron chi connectivity index (χ2n) is 3.23. The average Bonchev–Trinajstić information content (AvgIpc) is 2.28. The highest BCUT2D eigenvalue weighted by Crippen LogP contribution is 2.11. The molecule has 1 aromatic rings. The van der Waals surface area contributed by atoms with Crippen molar-refractivity contribution in [3.63, 3.8) is 0 Å². The van der Waals surface area contributed by atoms with Gasteiger partial charge in [0.2, 0.25) is 0 Å². The summed E-state index contributed by atoms with van der Waals surface area (Å²) >= 11 is 1.60. The minimum absolute atomic E-state index is 0.0826. The van der Waals surface area contributed by atoms with Gasteiger partial charge in [-0.05, 0) is 19.1 Å². The van der Waals surface area contributed by atoms with Gasteiger partial charge < -0.3 is 5.11 Å². The summed E-state index contributed by atoms with van der Waals surface area (Å²) < 4.78 is 24.6. The molecule has 0 saturated heterocycles. The molecule has 6 nitrogen and oxygen atoms in total. The number of aliphatic carboxylic acids is 1. The summed E-state index contributed by atoms with van der Waals surface area (Å²) in [5, 5.41) is 8.74. The van der Waals surface area contributed by atoms with Crippen molar-refractivity contribution in [3.8, 4) is 0 Å². The van der Waals surface area contributed by atoms with Gasteiger partial charge in [0.15, 0.2) is 0 Å². The van der Waals surface area contributed by atoms with E-state index in [1.807, 2.05) is 0 Å². The van der Waals surface area contributed by atoms with Crippen molar-refractivity contribution in [3.05, 3.63) is 30.3 Å². The first-order valence-electron chi connectivity index (χ1n) is 4.60. The molecule has 0 bridgehead atoms. The zero-order chi connectivity index (χ0) is 13.1. The lowest BCUT2D eigenvalue weighted by atomic mass is 10.4. The Labute approximate surface area is 113 Å². The second-order valence-corrected chi connectivity index (χ2v) is 5.93. The van der Waals surface area contributed by atoms with Gasteiger partial charge in [-0.25, -0.2) is 8.42 Å². The maximum absolute atomic E-state index is 11.8. The molecule has 0 radical (unpaired) electrons. The number of nitrogens with zero attached hydrogens (tertiary/aromatic N) is 1. The van der Waals surface area contributed by atoms with Crippen molar-refractivity contribution in [2.45, 2.75) is 17.9 Å². The number of halogens is 1. The first kappa shape index (κ1) is 14.4. The van der Waals surface area contributed by atoms with Crippen molar-refractivity contribution in [2.75, 3.05) is 0 Å². The maximum atomic E-state index is 11.8. The maximum Gasteiger partial charge on any atom is 0.322 e. The second kappa shape index (κ2) is 5.76. The molecule has 1 atom stereocenters. The summed E-state index contributed by atoms with van der Waals surface area (Å²) in [5.41, 5.74) is 0. The number of carboxylic acids is 1. The van der Waals surface area contributed by atoms with Crippen LogP contribution in [-0.4, -0.2) is 28.8 Å². The van der Waals surface area contributed by atoms with Gasteiger partial charge in [-0.3, -0.25) is 4.79 Å². The predicted octanol–water partition coefficient (Wildman–Crippen LogP) is 1.00. The Bertz CT molecular complexity index is 491. The molecule has 0 aliphatic rings. The van der Waals surface area contributed by atoms with Crippen molar-refractivity contribution in [1.82, 2.24) is 8.05 Å². The van der Waals surface area contributed by atoms with Gasteiger partial charge in [0.25, 0.3) is 10.0 Å². The number of benzene rings is 1. The van der Waals surface area contributed by atoms with Crippen LogP contribution in [0.5, 0.6) is 0 Å². The van der Waals surface area contributed by atoms with E-state index in [1.165, 1.54) is 19.1 Å². The third-order valence-electron chi connectivity index (χ3n) is 1.96. The van der Waals surface area contributed by atoms with Gasteiger partial charge in [0.1, 0.15) is 6.04 Å². The molecule has 0 aromatic heterocycles. The number of rotatable bonds is 5. The molecule has 0 unspecified atom stereocenters. The minimum Gasteiger partial charge on any atom is -0.480 e. The van der Waals surface area contributed by atoms with Crippen LogP contribution in [0.2, 0.25) is 0 Å². The van der Waals surface area contributed by atoms with E-state index < -0.39 is 22.0 Å². The molecule has 17 heavy (non-hydrogen) atoms. The Kier molecular flexibility index (Phi) is 4.86. The number of carbonyl (C=O) groups is 1. The fourth-order valence-electron chi connectivity index (χ4n) is 0.943. The molecule has 0 spiro atoms. The van der Waals surface area contributed by atoms with Crippen LogP contribution >= 0.6 is 22.9 Å². The number of carboxylic acid groups (broad SMARTS) is 1. The third kappa shape index (κ3) is 3.91. The highest BCUT2D eigenvalue weighted by Gasteiger charge is 2.24. The molecule has 0 fully saturated rings. The molecular weight excluding hydrogens is 359 g/mol. The standard InChI is InChI=1S/C9H11IN2O4S/c1-7(9(13)14)12(10)11-17(15,16)8-5-3-2-4-6-8/h2-7,11H,1H3,(H,13,14)/t7-/m1/s1. The molecule has 0 amide bonds. The van der Waals surface area contributed by atoms with E-state index in [-0.39, 0.29) is 4.90 Å². The van der Waals surface area contributed by atoms with Gasteiger partial charge in [0, 0.05) is 22.9 Å². The molecule has 0 aliphatic carbocycles. The lowest BCUT2D eigenvalue weighted by molar-refractivity contribution is -0.140. The van der Waals surface area contributed by atoms with Crippen LogP contribution in [0, 0.1) is 0 Å². The Morgan fingerprint density at radius 2 is 1.94 bits per heavy atom. The van der Waals surface area contributed by atoms with E-state index in [9.17, 15) is 13.2 Å².